The van der Waals surface area contributed by atoms with Gasteiger partial charge in [-0.3, -0.25) is 9.59 Å². The molecule has 1 heterocycles. The van der Waals surface area contributed by atoms with Gasteiger partial charge in [0.25, 0.3) is 0 Å². The predicted octanol–water partition coefficient (Wildman–Crippen LogP) is -0.806. The molecule has 0 radical (unpaired) electrons. The Morgan fingerprint density at radius 3 is 2.67 bits per heavy atom. The number of amides is 2. The van der Waals surface area contributed by atoms with E-state index in [0.717, 1.165) is 19.4 Å². The summed E-state index contributed by atoms with van der Waals surface area (Å²) in [6, 6.07) is -0.801. The summed E-state index contributed by atoms with van der Waals surface area (Å²) in [7, 11) is 0. The van der Waals surface area contributed by atoms with E-state index < -0.39 is 6.04 Å². The van der Waals surface area contributed by atoms with Crippen molar-refractivity contribution < 1.29 is 14.4 Å². The van der Waals surface area contributed by atoms with Crippen molar-refractivity contribution >= 4 is 18.1 Å². The molecule has 1 saturated heterocycles. The lowest BCUT2D eigenvalue weighted by Gasteiger charge is -2.23. The Kier molecular flexibility index (Phi) is 5.77. The van der Waals surface area contributed by atoms with Gasteiger partial charge in [0.15, 0.2) is 0 Å². The fourth-order valence-electron chi connectivity index (χ4n) is 1.95. The quantitative estimate of drug-likeness (QED) is 0.542. The van der Waals surface area contributed by atoms with Gasteiger partial charge in [-0.25, -0.2) is 0 Å². The maximum absolute atomic E-state index is 11.9. The van der Waals surface area contributed by atoms with Gasteiger partial charge >= 0.3 is 0 Å². The van der Waals surface area contributed by atoms with Crippen LogP contribution in [0.1, 0.15) is 26.7 Å². The van der Waals surface area contributed by atoms with E-state index in [2.05, 4.69) is 16.0 Å². The molecular weight excluding hydrogens is 234 g/mol. The van der Waals surface area contributed by atoms with Gasteiger partial charge in [0.1, 0.15) is 12.3 Å². The second-order valence-electron chi connectivity index (χ2n) is 4.79. The summed E-state index contributed by atoms with van der Waals surface area (Å²) in [5.74, 6) is -0.488. The molecule has 1 aliphatic rings. The molecule has 2 atom stereocenters. The Morgan fingerprint density at radius 1 is 1.44 bits per heavy atom. The summed E-state index contributed by atoms with van der Waals surface area (Å²) in [6.45, 7) is 4.52. The molecule has 0 aromatic heterocycles. The van der Waals surface area contributed by atoms with E-state index >= 15 is 0 Å². The molecule has 3 N–H and O–H groups in total. The average Bonchev–Trinajstić information content (AvgIpc) is 2.86. The van der Waals surface area contributed by atoms with Crippen LogP contribution in [0.5, 0.6) is 0 Å². The third-order valence-corrected chi connectivity index (χ3v) is 2.98. The molecule has 0 aromatic carbocycles. The van der Waals surface area contributed by atoms with Crippen molar-refractivity contribution in [2.75, 3.05) is 13.1 Å². The third-order valence-electron chi connectivity index (χ3n) is 2.98. The van der Waals surface area contributed by atoms with Gasteiger partial charge < -0.3 is 20.7 Å². The highest BCUT2D eigenvalue weighted by Gasteiger charge is 2.28. The Balaban J connectivity index is 2.53. The average molecular weight is 255 g/mol. The fraction of sp³-hybridized carbons (Fsp3) is 0.750. The lowest BCUT2D eigenvalue weighted by Crippen LogP contribution is -2.53. The van der Waals surface area contributed by atoms with E-state index in [1.54, 1.807) is 0 Å². The lowest BCUT2D eigenvalue weighted by molar-refractivity contribution is -0.131. The molecule has 0 saturated carbocycles. The first kappa shape index (κ1) is 14.6. The van der Waals surface area contributed by atoms with E-state index in [4.69, 9.17) is 0 Å². The van der Waals surface area contributed by atoms with Crippen LogP contribution in [0, 0.1) is 5.92 Å². The number of hydrogen-bond donors (Lipinski definition) is 3. The molecule has 1 rings (SSSR count). The number of rotatable bonds is 6. The molecule has 6 heteroatoms. The van der Waals surface area contributed by atoms with Crippen LogP contribution < -0.4 is 16.0 Å². The van der Waals surface area contributed by atoms with E-state index in [0.29, 0.717) is 6.29 Å². The van der Waals surface area contributed by atoms with Gasteiger partial charge in [-0.05, 0) is 25.3 Å². The number of carbonyl (C=O) groups excluding carboxylic acids is 3. The smallest absolute Gasteiger partial charge is 0.243 e. The molecule has 6 nitrogen and oxygen atoms in total. The van der Waals surface area contributed by atoms with Crippen LogP contribution in [0.4, 0.5) is 0 Å². The van der Waals surface area contributed by atoms with E-state index in [9.17, 15) is 14.4 Å². The summed E-state index contributed by atoms with van der Waals surface area (Å²) in [4.78, 5) is 33.9. The van der Waals surface area contributed by atoms with Crippen LogP contribution >= 0.6 is 0 Å². The highest BCUT2D eigenvalue weighted by atomic mass is 16.2. The molecule has 1 fully saturated rings. The normalized spacial score (nSPS) is 20.5. The van der Waals surface area contributed by atoms with E-state index in [1.165, 1.54) is 0 Å². The van der Waals surface area contributed by atoms with Gasteiger partial charge in [-0.2, -0.15) is 0 Å². The van der Waals surface area contributed by atoms with Crippen LogP contribution in [-0.2, 0) is 14.4 Å². The van der Waals surface area contributed by atoms with Crippen LogP contribution in [0.15, 0.2) is 0 Å². The maximum atomic E-state index is 11.9. The lowest BCUT2D eigenvalue weighted by atomic mass is 10.0. The second-order valence-corrected chi connectivity index (χ2v) is 4.79. The van der Waals surface area contributed by atoms with Crippen molar-refractivity contribution in [1.29, 1.82) is 0 Å². The molecule has 0 bridgehead atoms. The van der Waals surface area contributed by atoms with Gasteiger partial charge in [0.2, 0.25) is 11.8 Å². The summed E-state index contributed by atoms with van der Waals surface area (Å²) in [5, 5.41) is 8.29. The number of nitrogens with one attached hydrogen (secondary N) is 3. The van der Waals surface area contributed by atoms with Gasteiger partial charge in [0.05, 0.1) is 12.6 Å². The zero-order valence-electron chi connectivity index (χ0n) is 10.9. The monoisotopic (exact) mass is 255 g/mol. The Hall–Kier alpha value is -1.43. The van der Waals surface area contributed by atoms with E-state index in [1.807, 2.05) is 13.8 Å². The molecular formula is C12H21N3O3. The van der Waals surface area contributed by atoms with Gasteiger partial charge in [-0.1, -0.05) is 13.8 Å². The summed E-state index contributed by atoms with van der Waals surface area (Å²) in [5.41, 5.74) is 0. The zero-order chi connectivity index (χ0) is 13.5. The van der Waals surface area contributed by atoms with Crippen LogP contribution in [0.2, 0.25) is 0 Å². The highest BCUT2D eigenvalue weighted by molar-refractivity contribution is 5.90. The van der Waals surface area contributed by atoms with Gasteiger partial charge in [0, 0.05) is 0 Å². The first-order valence-electron chi connectivity index (χ1n) is 6.31. The Labute approximate surface area is 107 Å². The van der Waals surface area contributed by atoms with Crippen molar-refractivity contribution in [3.63, 3.8) is 0 Å². The third kappa shape index (κ3) is 4.10. The molecule has 102 valence electrons. The first-order chi connectivity index (χ1) is 8.56. The second kappa shape index (κ2) is 7.10. The molecule has 2 amide bonds. The summed E-state index contributed by atoms with van der Waals surface area (Å²) in [6.07, 6.45) is 2.39. The fourth-order valence-corrected chi connectivity index (χ4v) is 1.95. The van der Waals surface area contributed by atoms with E-state index in [-0.39, 0.29) is 30.3 Å². The van der Waals surface area contributed by atoms with Crippen molar-refractivity contribution in [3.8, 4) is 0 Å². The standard InChI is InChI=1S/C12H21N3O3/c1-8(2)10(12(18)14-6-7-16)15-11(17)9-4-3-5-13-9/h7-10,13H,3-6H2,1-2H3,(H,14,18)(H,15,17)/t9-,10-/m0/s1. The van der Waals surface area contributed by atoms with Crippen LogP contribution in [0.25, 0.3) is 0 Å². The topological polar surface area (TPSA) is 87.3 Å². The molecule has 1 aliphatic heterocycles. The summed E-state index contributed by atoms with van der Waals surface area (Å²) < 4.78 is 0. The number of carbonyl (C=O) groups is 3. The van der Waals surface area contributed by atoms with Crippen molar-refractivity contribution in [1.82, 2.24) is 16.0 Å². The van der Waals surface area contributed by atoms with Crippen molar-refractivity contribution in [2.24, 2.45) is 5.92 Å². The first-order valence-corrected chi connectivity index (χ1v) is 6.31. The van der Waals surface area contributed by atoms with Crippen molar-refractivity contribution in [2.45, 2.75) is 38.8 Å². The molecule has 0 aromatic rings. The Morgan fingerprint density at radius 2 is 2.17 bits per heavy atom. The Bertz CT molecular complexity index is 312. The highest BCUT2D eigenvalue weighted by Crippen LogP contribution is 2.07. The molecule has 0 aliphatic carbocycles. The largest absolute Gasteiger partial charge is 0.348 e. The molecule has 18 heavy (non-hydrogen) atoms. The molecule has 0 unspecified atom stereocenters. The minimum atomic E-state index is -0.597. The van der Waals surface area contributed by atoms with Crippen LogP contribution in [-0.4, -0.2) is 43.3 Å². The van der Waals surface area contributed by atoms with Crippen LogP contribution in [0.3, 0.4) is 0 Å². The van der Waals surface area contributed by atoms with Gasteiger partial charge in [-0.15, -0.1) is 0 Å². The SMILES string of the molecule is CC(C)[C@H](NC(=O)[C@@H]1CCCN1)C(=O)NCC=O. The number of hydrogen-bond acceptors (Lipinski definition) is 4. The predicted molar refractivity (Wildman–Crippen MR) is 66.9 cm³/mol. The molecule has 0 spiro atoms. The zero-order valence-corrected chi connectivity index (χ0v) is 10.9. The maximum Gasteiger partial charge on any atom is 0.243 e. The summed E-state index contributed by atoms with van der Waals surface area (Å²) >= 11 is 0. The van der Waals surface area contributed by atoms with Crippen molar-refractivity contribution in [3.05, 3.63) is 0 Å². The number of aldehydes is 1. The minimum Gasteiger partial charge on any atom is -0.348 e. The minimum absolute atomic E-state index is 0.0259.